The SMILES string of the molecule is COc1ccc(S(=O)(=O)Nc2cccc(C(=O)NCc3cccc(OC)c3)c2)cc1. The predicted octanol–water partition coefficient (Wildman–Crippen LogP) is 3.43. The van der Waals surface area contributed by atoms with Crippen LogP contribution >= 0.6 is 0 Å². The lowest BCUT2D eigenvalue weighted by atomic mass is 10.1. The van der Waals surface area contributed by atoms with Crippen molar-refractivity contribution in [1.29, 1.82) is 0 Å². The highest BCUT2D eigenvalue weighted by molar-refractivity contribution is 7.92. The highest BCUT2D eigenvalue weighted by Crippen LogP contribution is 2.20. The number of amides is 1. The largest absolute Gasteiger partial charge is 0.497 e. The summed E-state index contributed by atoms with van der Waals surface area (Å²) in [7, 11) is -0.709. The maximum absolute atomic E-state index is 12.6. The molecule has 0 saturated heterocycles. The van der Waals surface area contributed by atoms with Crippen molar-refractivity contribution in [3.05, 3.63) is 83.9 Å². The van der Waals surface area contributed by atoms with E-state index in [0.29, 0.717) is 29.3 Å². The van der Waals surface area contributed by atoms with Crippen LogP contribution in [0.4, 0.5) is 5.69 Å². The number of sulfonamides is 1. The Labute approximate surface area is 175 Å². The van der Waals surface area contributed by atoms with Crippen molar-refractivity contribution in [2.24, 2.45) is 0 Å². The lowest BCUT2D eigenvalue weighted by molar-refractivity contribution is 0.0951. The lowest BCUT2D eigenvalue weighted by Gasteiger charge is -2.11. The third kappa shape index (κ3) is 5.30. The van der Waals surface area contributed by atoms with Gasteiger partial charge in [-0.05, 0) is 60.2 Å². The van der Waals surface area contributed by atoms with Crippen LogP contribution in [0.15, 0.2) is 77.7 Å². The third-order valence-electron chi connectivity index (χ3n) is 4.33. The topological polar surface area (TPSA) is 93.7 Å². The Hall–Kier alpha value is -3.52. The second-order valence-electron chi connectivity index (χ2n) is 6.40. The lowest BCUT2D eigenvalue weighted by Crippen LogP contribution is -2.23. The Morgan fingerprint density at radius 2 is 1.57 bits per heavy atom. The fourth-order valence-corrected chi connectivity index (χ4v) is 3.81. The monoisotopic (exact) mass is 426 g/mol. The first kappa shape index (κ1) is 21.2. The van der Waals surface area contributed by atoms with E-state index >= 15 is 0 Å². The number of ether oxygens (including phenoxy) is 2. The molecule has 0 unspecified atom stereocenters. The standard InChI is InChI=1S/C22H22N2O5S/c1-28-19-9-11-21(12-10-19)30(26,27)24-18-7-4-6-17(14-18)22(25)23-15-16-5-3-8-20(13-16)29-2/h3-14,24H,15H2,1-2H3,(H,23,25). The number of benzene rings is 3. The molecule has 0 atom stereocenters. The van der Waals surface area contributed by atoms with Gasteiger partial charge >= 0.3 is 0 Å². The highest BCUT2D eigenvalue weighted by Gasteiger charge is 2.15. The maximum Gasteiger partial charge on any atom is 0.261 e. The molecule has 30 heavy (non-hydrogen) atoms. The Bertz CT molecular complexity index is 1130. The molecule has 2 N–H and O–H groups in total. The smallest absolute Gasteiger partial charge is 0.261 e. The molecule has 3 rings (SSSR count). The molecule has 0 aliphatic heterocycles. The van der Waals surface area contributed by atoms with Gasteiger partial charge in [0.2, 0.25) is 0 Å². The van der Waals surface area contributed by atoms with Gasteiger partial charge in [0.15, 0.2) is 0 Å². The molecule has 0 saturated carbocycles. The van der Waals surface area contributed by atoms with E-state index in [0.717, 1.165) is 5.56 Å². The van der Waals surface area contributed by atoms with Gasteiger partial charge in [-0.15, -0.1) is 0 Å². The second kappa shape index (κ2) is 9.32. The van der Waals surface area contributed by atoms with Crippen LogP contribution in [0.25, 0.3) is 0 Å². The minimum absolute atomic E-state index is 0.0937. The van der Waals surface area contributed by atoms with E-state index in [-0.39, 0.29) is 10.8 Å². The van der Waals surface area contributed by atoms with E-state index in [2.05, 4.69) is 10.0 Å². The van der Waals surface area contributed by atoms with Gasteiger partial charge < -0.3 is 14.8 Å². The number of rotatable bonds is 8. The van der Waals surface area contributed by atoms with E-state index < -0.39 is 10.0 Å². The Balaban J connectivity index is 1.69. The normalized spacial score (nSPS) is 10.9. The number of nitrogens with one attached hydrogen (secondary N) is 2. The van der Waals surface area contributed by atoms with Crippen molar-refractivity contribution in [2.75, 3.05) is 18.9 Å². The minimum Gasteiger partial charge on any atom is -0.497 e. The zero-order valence-electron chi connectivity index (χ0n) is 16.6. The summed E-state index contributed by atoms with van der Waals surface area (Å²) in [6, 6.07) is 19.7. The molecule has 7 nitrogen and oxygen atoms in total. The van der Waals surface area contributed by atoms with E-state index in [9.17, 15) is 13.2 Å². The summed E-state index contributed by atoms with van der Waals surface area (Å²) < 4.78 is 37.9. The van der Waals surface area contributed by atoms with E-state index in [1.165, 1.54) is 25.3 Å². The molecule has 3 aromatic rings. The number of methoxy groups -OCH3 is 2. The third-order valence-corrected chi connectivity index (χ3v) is 5.73. The fraction of sp³-hybridized carbons (Fsp3) is 0.136. The Kier molecular flexibility index (Phi) is 6.58. The first-order valence-corrected chi connectivity index (χ1v) is 10.6. The summed E-state index contributed by atoms with van der Waals surface area (Å²) in [5.74, 6) is 0.948. The molecule has 8 heteroatoms. The van der Waals surface area contributed by atoms with Crippen molar-refractivity contribution in [1.82, 2.24) is 5.32 Å². The maximum atomic E-state index is 12.6. The van der Waals surface area contributed by atoms with Crippen LogP contribution in [0.1, 0.15) is 15.9 Å². The summed E-state index contributed by atoms with van der Waals surface area (Å²) in [6.45, 7) is 0.317. The van der Waals surface area contributed by atoms with E-state index in [4.69, 9.17) is 9.47 Å². The zero-order chi connectivity index (χ0) is 21.6. The van der Waals surface area contributed by atoms with Gasteiger partial charge in [-0.25, -0.2) is 8.42 Å². The molecular formula is C22H22N2O5S. The summed E-state index contributed by atoms with van der Waals surface area (Å²) >= 11 is 0. The van der Waals surface area contributed by atoms with Crippen molar-refractivity contribution in [2.45, 2.75) is 11.4 Å². The van der Waals surface area contributed by atoms with Crippen LogP contribution in [-0.2, 0) is 16.6 Å². The first-order valence-electron chi connectivity index (χ1n) is 9.09. The van der Waals surface area contributed by atoms with Gasteiger partial charge in [0, 0.05) is 17.8 Å². The van der Waals surface area contributed by atoms with Crippen LogP contribution in [0.3, 0.4) is 0 Å². The van der Waals surface area contributed by atoms with Gasteiger partial charge in [0.25, 0.3) is 15.9 Å². The molecule has 1 amide bonds. The average molecular weight is 426 g/mol. The molecule has 0 heterocycles. The number of hydrogen-bond donors (Lipinski definition) is 2. The molecule has 0 bridgehead atoms. The summed E-state index contributed by atoms with van der Waals surface area (Å²) in [4.78, 5) is 12.6. The molecule has 0 spiro atoms. The van der Waals surface area contributed by atoms with Crippen molar-refractivity contribution < 1.29 is 22.7 Å². The molecule has 0 aliphatic rings. The highest BCUT2D eigenvalue weighted by atomic mass is 32.2. The quantitative estimate of drug-likeness (QED) is 0.576. The molecule has 0 fully saturated rings. The molecule has 156 valence electrons. The fourth-order valence-electron chi connectivity index (χ4n) is 2.76. The molecule has 0 aromatic heterocycles. The van der Waals surface area contributed by atoms with Gasteiger partial charge in [0.05, 0.1) is 19.1 Å². The molecule has 0 aliphatic carbocycles. The van der Waals surface area contributed by atoms with Gasteiger partial charge in [-0.1, -0.05) is 18.2 Å². The van der Waals surface area contributed by atoms with Crippen molar-refractivity contribution in [3.8, 4) is 11.5 Å². The van der Waals surface area contributed by atoms with Crippen LogP contribution in [-0.4, -0.2) is 28.5 Å². The van der Waals surface area contributed by atoms with Gasteiger partial charge in [-0.3, -0.25) is 9.52 Å². The summed E-state index contributed by atoms with van der Waals surface area (Å²) in [5.41, 5.74) is 1.52. The van der Waals surface area contributed by atoms with Gasteiger partial charge in [-0.2, -0.15) is 0 Å². The summed E-state index contributed by atoms with van der Waals surface area (Å²) in [5, 5.41) is 2.82. The zero-order valence-corrected chi connectivity index (χ0v) is 17.4. The van der Waals surface area contributed by atoms with Crippen LogP contribution in [0.2, 0.25) is 0 Å². The summed E-state index contributed by atoms with van der Waals surface area (Å²) in [6.07, 6.45) is 0. The second-order valence-corrected chi connectivity index (χ2v) is 8.08. The first-order chi connectivity index (χ1) is 14.4. The van der Waals surface area contributed by atoms with E-state index in [1.54, 1.807) is 37.4 Å². The van der Waals surface area contributed by atoms with Gasteiger partial charge in [0.1, 0.15) is 11.5 Å². The van der Waals surface area contributed by atoms with Crippen LogP contribution in [0, 0.1) is 0 Å². The number of carbonyl (C=O) groups is 1. The predicted molar refractivity (Wildman–Crippen MR) is 114 cm³/mol. The Morgan fingerprint density at radius 1 is 0.867 bits per heavy atom. The van der Waals surface area contributed by atoms with Crippen molar-refractivity contribution in [3.63, 3.8) is 0 Å². The molecular weight excluding hydrogens is 404 g/mol. The number of hydrogen-bond acceptors (Lipinski definition) is 5. The molecule has 3 aromatic carbocycles. The molecule has 0 radical (unpaired) electrons. The van der Waals surface area contributed by atoms with Crippen LogP contribution < -0.4 is 19.5 Å². The van der Waals surface area contributed by atoms with E-state index in [1.807, 2.05) is 24.3 Å². The average Bonchev–Trinajstić information content (AvgIpc) is 2.77. The minimum atomic E-state index is -3.79. The van der Waals surface area contributed by atoms with Crippen LogP contribution in [0.5, 0.6) is 11.5 Å². The number of carbonyl (C=O) groups excluding carboxylic acids is 1. The van der Waals surface area contributed by atoms with Crippen molar-refractivity contribution >= 4 is 21.6 Å². The Morgan fingerprint density at radius 3 is 2.27 bits per heavy atom. The number of anilines is 1.